The first kappa shape index (κ1) is 17.8. The summed E-state index contributed by atoms with van der Waals surface area (Å²) in [5, 5.41) is 3.81. The molecular formula is C17H12BrClN2O3S. The lowest BCUT2D eigenvalue weighted by Crippen LogP contribution is -2.08. The number of hydrogen-bond acceptors (Lipinski definition) is 6. The summed E-state index contributed by atoms with van der Waals surface area (Å²) in [6.07, 6.45) is 0. The molecule has 1 aromatic heterocycles. The van der Waals surface area contributed by atoms with E-state index in [2.05, 4.69) is 25.5 Å². The Morgan fingerprint density at radius 1 is 1.12 bits per heavy atom. The van der Waals surface area contributed by atoms with E-state index in [1.807, 2.05) is 24.3 Å². The molecule has 0 unspecified atom stereocenters. The molecule has 2 aromatic carbocycles. The molecule has 0 bridgehead atoms. The van der Waals surface area contributed by atoms with Gasteiger partial charge in [-0.3, -0.25) is 0 Å². The van der Waals surface area contributed by atoms with Crippen LogP contribution in [0.3, 0.4) is 0 Å². The minimum atomic E-state index is -0.508. The standard InChI is InChI=1S/C17H12BrClN2O3S/c18-13-7-3-1-5-11(13)9-23-15-8-4-2-6-12(15)17(22)24-10-14-16(19)25-21-20-14/h1-8H,9-10H2. The second kappa shape index (κ2) is 8.42. The van der Waals surface area contributed by atoms with Crippen LogP contribution in [0.1, 0.15) is 21.6 Å². The van der Waals surface area contributed by atoms with E-state index < -0.39 is 5.97 Å². The molecule has 3 aromatic rings. The van der Waals surface area contributed by atoms with Crippen molar-refractivity contribution in [1.82, 2.24) is 9.59 Å². The molecule has 5 nitrogen and oxygen atoms in total. The van der Waals surface area contributed by atoms with Gasteiger partial charge in [0.2, 0.25) is 0 Å². The van der Waals surface area contributed by atoms with Crippen LogP contribution in [0.25, 0.3) is 0 Å². The molecule has 0 aliphatic rings. The van der Waals surface area contributed by atoms with Gasteiger partial charge in [-0.25, -0.2) is 4.79 Å². The summed E-state index contributed by atoms with van der Waals surface area (Å²) in [5.74, 6) is -0.0578. The molecule has 0 fully saturated rings. The maximum Gasteiger partial charge on any atom is 0.342 e. The molecule has 0 amide bonds. The van der Waals surface area contributed by atoms with Gasteiger partial charge in [0, 0.05) is 21.6 Å². The first-order valence-electron chi connectivity index (χ1n) is 7.24. The average molecular weight is 440 g/mol. The van der Waals surface area contributed by atoms with Crippen LogP contribution in [0.2, 0.25) is 4.34 Å². The molecular weight excluding hydrogens is 428 g/mol. The van der Waals surface area contributed by atoms with E-state index >= 15 is 0 Å². The molecule has 0 radical (unpaired) electrons. The highest BCUT2D eigenvalue weighted by atomic mass is 79.9. The summed E-state index contributed by atoms with van der Waals surface area (Å²) in [5.41, 5.74) is 1.76. The molecule has 3 rings (SSSR count). The quantitative estimate of drug-likeness (QED) is 0.512. The van der Waals surface area contributed by atoms with Crippen LogP contribution in [-0.2, 0) is 18.0 Å². The zero-order valence-corrected chi connectivity index (χ0v) is 16.0. The van der Waals surface area contributed by atoms with E-state index in [1.165, 1.54) is 0 Å². The molecule has 0 spiro atoms. The Labute approximate surface area is 161 Å². The molecule has 1 heterocycles. The topological polar surface area (TPSA) is 61.3 Å². The lowest BCUT2D eigenvalue weighted by Gasteiger charge is -2.11. The number of rotatable bonds is 6. The molecule has 0 N–H and O–H groups in total. The van der Waals surface area contributed by atoms with Crippen LogP contribution in [0.15, 0.2) is 53.0 Å². The van der Waals surface area contributed by atoms with Crippen molar-refractivity contribution in [1.29, 1.82) is 0 Å². The molecule has 0 saturated carbocycles. The number of para-hydroxylation sites is 1. The van der Waals surface area contributed by atoms with Crippen LogP contribution in [0.4, 0.5) is 0 Å². The van der Waals surface area contributed by atoms with Gasteiger partial charge in [0.25, 0.3) is 0 Å². The van der Waals surface area contributed by atoms with E-state index in [-0.39, 0.29) is 6.61 Å². The van der Waals surface area contributed by atoms with Crippen LogP contribution in [0.5, 0.6) is 5.75 Å². The van der Waals surface area contributed by atoms with Gasteiger partial charge >= 0.3 is 5.97 Å². The second-order valence-corrected chi connectivity index (χ2v) is 7.16. The van der Waals surface area contributed by atoms with Crippen molar-refractivity contribution in [2.24, 2.45) is 0 Å². The summed E-state index contributed by atoms with van der Waals surface area (Å²) >= 11 is 10.4. The fourth-order valence-corrected chi connectivity index (χ4v) is 3.03. The number of halogens is 2. The molecule has 25 heavy (non-hydrogen) atoms. The van der Waals surface area contributed by atoms with Crippen molar-refractivity contribution >= 4 is 45.0 Å². The van der Waals surface area contributed by atoms with Crippen molar-refractivity contribution in [2.45, 2.75) is 13.2 Å². The van der Waals surface area contributed by atoms with E-state index in [0.29, 0.717) is 28.0 Å². The fourth-order valence-electron chi connectivity index (χ4n) is 2.03. The predicted molar refractivity (Wildman–Crippen MR) is 99.0 cm³/mol. The number of ether oxygens (including phenoxy) is 2. The number of carbonyl (C=O) groups is 1. The van der Waals surface area contributed by atoms with Crippen molar-refractivity contribution in [2.75, 3.05) is 0 Å². The van der Waals surface area contributed by atoms with E-state index in [0.717, 1.165) is 21.6 Å². The number of esters is 1. The zero-order valence-electron chi connectivity index (χ0n) is 12.8. The van der Waals surface area contributed by atoms with Crippen molar-refractivity contribution in [3.05, 3.63) is 74.2 Å². The SMILES string of the molecule is O=C(OCc1nnsc1Cl)c1ccccc1OCc1ccccc1Br. The maximum atomic E-state index is 12.4. The highest BCUT2D eigenvalue weighted by molar-refractivity contribution is 9.10. The van der Waals surface area contributed by atoms with Gasteiger partial charge in [0.05, 0.1) is 0 Å². The van der Waals surface area contributed by atoms with E-state index in [4.69, 9.17) is 21.1 Å². The van der Waals surface area contributed by atoms with Gasteiger partial charge < -0.3 is 9.47 Å². The minimum Gasteiger partial charge on any atom is -0.488 e. The fraction of sp³-hybridized carbons (Fsp3) is 0.118. The summed E-state index contributed by atoms with van der Waals surface area (Å²) in [6, 6.07) is 14.7. The summed E-state index contributed by atoms with van der Waals surface area (Å²) in [4.78, 5) is 12.4. The van der Waals surface area contributed by atoms with Gasteiger partial charge in [0.15, 0.2) is 0 Å². The molecule has 128 valence electrons. The monoisotopic (exact) mass is 438 g/mol. The number of carbonyl (C=O) groups excluding carboxylic acids is 1. The molecule has 0 aliphatic carbocycles. The van der Waals surface area contributed by atoms with Crippen LogP contribution >= 0.6 is 39.1 Å². The van der Waals surface area contributed by atoms with Gasteiger partial charge in [0.1, 0.15) is 34.6 Å². The Morgan fingerprint density at radius 3 is 2.64 bits per heavy atom. The van der Waals surface area contributed by atoms with Crippen LogP contribution in [-0.4, -0.2) is 15.6 Å². The number of hydrogen-bond donors (Lipinski definition) is 0. The molecule has 0 saturated heterocycles. The van der Waals surface area contributed by atoms with Crippen molar-refractivity contribution in [3.63, 3.8) is 0 Å². The Bertz CT molecular complexity index is 888. The Morgan fingerprint density at radius 2 is 1.88 bits per heavy atom. The molecule has 8 heteroatoms. The maximum absolute atomic E-state index is 12.4. The van der Waals surface area contributed by atoms with Gasteiger partial charge in [-0.1, -0.05) is 62.4 Å². The lowest BCUT2D eigenvalue weighted by atomic mass is 10.2. The van der Waals surface area contributed by atoms with Crippen LogP contribution < -0.4 is 4.74 Å². The van der Waals surface area contributed by atoms with E-state index in [1.54, 1.807) is 24.3 Å². The minimum absolute atomic E-state index is 0.0350. The Hall–Kier alpha value is -1.96. The third-order valence-corrected chi connectivity index (χ3v) is 5.06. The first-order valence-corrected chi connectivity index (χ1v) is 9.18. The first-order chi connectivity index (χ1) is 12.1. The van der Waals surface area contributed by atoms with Gasteiger partial charge in [-0.15, -0.1) is 5.10 Å². The summed E-state index contributed by atoms with van der Waals surface area (Å²) in [7, 11) is 0. The summed E-state index contributed by atoms with van der Waals surface area (Å²) < 4.78 is 16.1. The van der Waals surface area contributed by atoms with E-state index in [9.17, 15) is 4.79 Å². The Kier molecular flexibility index (Phi) is 6.01. The normalized spacial score (nSPS) is 10.5. The zero-order chi connectivity index (χ0) is 17.6. The van der Waals surface area contributed by atoms with Crippen LogP contribution in [0, 0.1) is 0 Å². The van der Waals surface area contributed by atoms with Gasteiger partial charge in [-0.05, 0) is 18.2 Å². The lowest BCUT2D eigenvalue weighted by molar-refractivity contribution is 0.0463. The number of aromatic nitrogens is 2. The predicted octanol–water partition coefficient (Wildman–Crippen LogP) is 4.89. The molecule has 0 aliphatic heterocycles. The van der Waals surface area contributed by atoms with Crippen molar-refractivity contribution in [3.8, 4) is 5.75 Å². The van der Waals surface area contributed by atoms with Gasteiger partial charge in [-0.2, -0.15) is 0 Å². The van der Waals surface area contributed by atoms with Crippen molar-refractivity contribution < 1.29 is 14.3 Å². The molecule has 0 atom stereocenters. The third-order valence-electron chi connectivity index (χ3n) is 3.30. The highest BCUT2D eigenvalue weighted by Gasteiger charge is 2.16. The summed E-state index contributed by atoms with van der Waals surface area (Å²) in [6.45, 7) is 0.292. The second-order valence-electron chi connectivity index (χ2n) is 4.95. The number of benzene rings is 2. The largest absolute Gasteiger partial charge is 0.488 e. The highest BCUT2D eigenvalue weighted by Crippen LogP contribution is 2.24. The third kappa shape index (κ3) is 4.56. The Balaban J connectivity index is 1.68. The number of nitrogens with zero attached hydrogens (tertiary/aromatic N) is 2. The smallest absolute Gasteiger partial charge is 0.342 e. The average Bonchev–Trinajstić information content (AvgIpc) is 3.04.